The lowest BCUT2D eigenvalue weighted by Crippen LogP contribution is -2.28. The van der Waals surface area contributed by atoms with Gasteiger partial charge in [-0.3, -0.25) is 5.43 Å². The molecule has 2 rings (SSSR count). The van der Waals surface area contributed by atoms with Gasteiger partial charge < -0.3 is 5.32 Å². The fourth-order valence-corrected chi connectivity index (χ4v) is 2.33. The summed E-state index contributed by atoms with van der Waals surface area (Å²) in [5, 5.41) is 7.45. The number of anilines is 1. The summed E-state index contributed by atoms with van der Waals surface area (Å²) < 4.78 is 13.4. The van der Waals surface area contributed by atoms with Crippen molar-refractivity contribution < 1.29 is 4.39 Å². The van der Waals surface area contributed by atoms with Gasteiger partial charge in [0.1, 0.15) is 5.82 Å². The predicted octanol–water partition coefficient (Wildman–Crippen LogP) is 3.68. The Labute approximate surface area is 118 Å². The Morgan fingerprint density at radius 3 is 2.89 bits per heavy atom. The number of halogens is 1. The second-order valence-electron chi connectivity index (χ2n) is 4.80. The van der Waals surface area contributed by atoms with Crippen molar-refractivity contribution in [3.05, 3.63) is 30.1 Å². The van der Waals surface area contributed by atoms with Crippen molar-refractivity contribution in [2.24, 2.45) is 11.0 Å². The Balaban J connectivity index is 1.91. The van der Waals surface area contributed by atoms with Crippen LogP contribution in [-0.4, -0.2) is 10.8 Å². The number of benzene rings is 1. The third kappa shape index (κ3) is 3.99. The Morgan fingerprint density at radius 1 is 1.37 bits per heavy atom. The fraction of sp³-hybridized carbons (Fsp3) is 0.429. The van der Waals surface area contributed by atoms with Crippen molar-refractivity contribution in [3.8, 4) is 0 Å². The highest BCUT2D eigenvalue weighted by molar-refractivity contribution is 7.80. The third-order valence-electron chi connectivity index (χ3n) is 3.31. The molecule has 0 bridgehead atoms. The summed E-state index contributed by atoms with van der Waals surface area (Å²) in [5.74, 6) is 0.169. The lowest BCUT2D eigenvalue weighted by molar-refractivity contribution is 0.555. The maximum absolute atomic E-state index is 13.4. The molecule has 0 heterocycles. The molecular formula is C14H18FN3S. The van der Waals surface area contributed by atoms with Gasteiger partial charge in [0.25, 0.3) is 0 Å². The number of hydrogen-bond acceptors (Lipinski definition) is 2. The maximum Gasteiger partial charge on any atom is 0.191 e. The largest absolute Gasteiger partial charge is 0.329 e. The number of thiocarbonyl (C=S) groups is 1. The van der Waals surface area contributed by atoms with Gasteiger partial charge in [-0.05, 0) is 49.5 Å². The van der Waals surface area contributed by atoms with Gasteiger partial charge in [-0.25, -0.2) is 4.39 Å². The molecule has 0 amide bonds. The number of hydrazone groups is 1. The number of para-hydroxylation sites is 1. The molecule has 1 saturated carbocycles. The molecular weight excluding hydrogens is 261 g/mol. The zero-order valence-corrected chi connectivity index (χ0v) is 11.8. The first kappa shape index (κ1) is 13.9. The van der Waals surface area contributed by atoms with Crippen molar-refractivity contribution >= 4 is 28.7 Å². The van der Waals surface area contributed by atoms with E-state index in [4.69, 9.17) is 12.2 Å². The van der Waals surface area contributed by atoms with Crippen molar-refractivity contribution in [1.29, 1.82) is 0 Å². The van der Waals surface area contributed by atoms with E-state index in [1.807, 2.05) is 0 Å². The molecule has 0 aromatic heterocycles. The van der Waals surface area contributed by atoms with Crippen molar-refractivity contribution in [2.45, 2.75) is 32.6 Å². The number of hydrogen-bond donors (Lipinski definition) is 2. The Morgan fingerprint density at radius 2 is 2.16 bits per heavy atom. The summed E-state index contributed by atoms with van der Waals surface area (Å²) in [6.45, 7) is 2.17. The summed E-state index contributed by atoms with van der Waals surface area (Å²) in [7, 11) is 0. The molecule has 0 spiro atoms. The normalized spacial score (nSPS) is 21.2. The van der Waals surface area contributed by atoms with Gasteiger partial charge in [-0.2, -0.15) is 5.10 Å². The average Bonchev–Trinajstić information content (AvgIpc) is 2.40. The molecule has 5 heteroatoms. The summed E-state index contributed by atoms with van der Waals surface area (Å²) in [6.07, 6.45) is 4.63. The summed E-state index contributed by atoms with van der Waals surface area (Å²) in [6, 6.07) is 6.42. The van der Waals surface area contributed by atoms with Crippen molar-refractivity contribution in [3.63, 3.8) is 0 Å². The quantitative estimate of drug-likeness (QED) is 0.640. The first-order valence-electron chi connectivity index (χ1n) is 6.55. The van der Waals surface area contributed by atoms with Crippen LogP contribution in [0.1, 0.15) is 32.6 Å². The van der Waals surface area contributed by atoms with Gasteiger partial charge in [0.15, 0.2) is 5.11 Å². The van der Waals surface area contributed by atoms with Gasteiger partial charge in [0.05, 0.1) is 5.69 Å². The van der Waals surface area contributed by atoms with Gasteiger partial charge in [-0.15, -0.1) is 0 Å². The zero-order chi connectivity index (χ0) is 13.7. The van der Waals surface area contributed by atoms with Crippen LogP contribution < -0.4 is 10.7 Å². The lowest BCUT2D eigenvalue weighted by atomic mass is 9.89. The van der Waals surface area contributed by atoms with E-state index in [0.717, 1.165) is 12.1 Å². The molecule has 0 unspecified atom stereocenters. The van der Waals surface area contributed by atoms with Crippen LogP contribution in [0.4, 0.5) is 10.1 Å². The number of rotatable bonds is 2. The van der Waals surface area contributed by atoms with Crippen LogP contribution in [-0.2, 0) is 0 Å². The summed E-state index contributed by atoms with van der Waals surface area (Å²) in [5.41, 5.74) is 4.30. The van der Waals surface area contributed by atoms with E-state index < -0.39 is 0 Å². The molecule has 1 aliphatic rings. The van der Waals surface area contributed by atoms with Crippen molar-refractivity contribution in [1.82, 2.24) is 5.43 Å². The molecule has 1 aromatic carbocycles. The molecule has 1 fully saturated rings. The van der Waals surface area contributed by atoms with Crippen LogP contribution in [0.2, 0.25) is 0 Å². The summed E-state index contributed by atoms with van der Waals surface area (Å²) >= 11 is 5.11. The first-order chi connectivity index (χ1) is 9.16. The second kappa shape index (κ2) is 6.61. The lowest BCUT2D eigenvalue weighted by Gasteiger charge is -2.20. The molecule has 0 radical (unpaired) electrons. The third-order valence-corrected chi connectivity index (χ3v) is 3.51. The molecule has 19 heavy (non-hydrogen) atoms. The Hall–Kier alpha value is -1.49. The Kier molecular flexibility index (Phi) is 4.85. The Bertz CT molecular complexity index is 487. The van der Waals surface area contributed by atoms with Crippen LogP contribution in [0.3, 0.4) is 0 Å². The molecule has 1 aliphatic carbocycles. The maximum atomic E-state index is 13.4. The number of nitrogens with one attached hydrogen (secondary N) is 2. The first-order valence-corrected chi connectivity index (χ1v) is 6.95. The van der Waals surface area contributed by atoms with E-state index in [0.29, 0.717) is 16.7 Å². The molecule has 3 nitrogen and oxygen atoms in total. The predicted molar refractivity (Wildman–Crippen MR) is 80.8 cm³/mol. The van der Waals surface area contributed by atoms with E-state index in [2.05, 4.69) is 22.8 Å². The minimum Gasteiger partial charge on any atom is -0.329 e. The van der Waals surface area contributed by atoms with E-state index in [1.165, 1.54) is 25.3 Å². The van der Waals surface area contributed by atoms with Gasteiger partial charge in [0, 0.05) is 5.71 Å². The van der Waals surface area contributed by atoms with Crippen molar-refractivity contribution in [2.75, 3.05) is 5.32 Å². The highest BCUT2D eigenvalue weighted by Gasteiger charge is 2.15. The SMILES string of the molecule is C[C@H]1CCCC/C1=N/NC(=S)Nc1ccccc1F. The molecule has 1 atom stereocenters. The summed E-state index contributed by atoms with van der Waals surface area (Å²) in [4.78, 5) is 0. The van der Waals surface area contributed by atoms with Gasteiger partial charge >= 0.3 is 0 Å². The van der Waals surface area contributed by atoms with Crippen LogP contribution >= 0.6 is 12.2 Å². The molecule has 2 N–H and O–H groups in total. The van der Waals surface area contributed by atoms with Gasteiger partial charge in [-0.1, -0.05) is 25.5 Å². The van der Waals surface area contributed by atoms with Gasteiger partial charge in [0.2, 0.25) is 0 Å². The fourth-order valence-electron chi connectivity index (χ4n) is 2.17. The molecule has 0 saturated heterocycles. The highest BCUT2D eigenvalue weighted by atomic mass is 32.1. The highest BCUT2D eigenvalue weighted by Crippen LogP contribution is 2.20. The molecule has 1 aromatic rings. The van der Waals surface area contributed by atoms with Crippen LogP contribution in [0.5, 0.6) is 0 Å². The van der Waals surface area contributed by atoms with Crippen LogP contribution in [0, 0.1) is 11.7 Å². The van der Waals surface area contributed by atoms with E-state index in [-0.39, 0.29) is 5.82 Å². The van der Waals surface area contributed by atoms with Crippen LogP contribution in [0.15, 0.2) is 29.4 Å². The molecule has 0 aliphatic heterocycles. The average molecular weight is 279 g/mol. The molecule has 102 valence electrons. The topological polar surface area (TPSA) is 36.4 Å². The second-order valence-corrected chi connectivity index (χ2v) is 5.20. The van der Waals surface area contributed by atoms with Crippen LogP contribution in [0.25, 0.3) is 0 Å². The standard InChI is InChI=1S/C14H18FN3S/c1-10-6-2-4-8-12(10)17-18-14(19)16-13-9-5-3-7-11(13)15/h3,5,7,9-10H,2,4,6,8H2,1H3,(H2,16,18,19)/b17-12-/t10-/m0/s1. The number of nitrogens with zero attached hydrogens (tertiary/aromatic N) is 1. The zero-order valence-electron chi connectivity index (χ0n) is 10.9. The minimum absolute atomic E-state index is 0.315. The van der Waals surface area contributed by atoms with E-state index >= 15 is 0 Å². The smallest absolute Gasteiger partial charge is 0.191 e. The monoisotopic (exact) mass is 279 g/mol. The minimum atomic E-state index is -0.328. The van der Waals surface area contributed by atoms with E-state index in [9.17, 15) is 4.39 Å². The van der Waals surface area contributed by atoms with E-state index in [1.54, 1.807) is 18.2 Å².